The summed E-state index contributed by atoms with van der Waals surface area (Å²) in [6.07, 6.45) is 0. The predicted octanol–water partition coefficient (Wildman–Crippen LogP) is 1.24. The van der Waals surface area contributed by atoms with Crippen LogP contribution in [0.15, 0.2) is 12.1 Å². The molecule has 0 aliphatic rings. The number of benzene rings is 1. The average molecular weight is 205 g/mol. The Morgan fingerprint density at radius 1 is 1.53 bits per heavy atom. The van der Waals surface area contributed by atoms with E-state index in [9.17, 15) is 4.79 Å². The molecule has 0 aliphatic carbocycles. The number of esters is 1. The molecule has 0 saturated heterocycles. The van der Waals surface area contributed by atoms with Crippen LogP contribution in [0.1, 0.15) is 15.9 Å². The number of hydrogen-bond donors (Lipinski definition) is 2. The van der Waals surface area contributed by atoms with Gasteiger partial charge in [0.25, 0.3) is 0 Å². The van der Waals surface area contributed by atoms with Crippen molar-refractivity contribution in [2.24, 2.45) is 0 Å². The van der Waals surface area contributed by atoms with E-state index in [1.807, 2.05) is 13.0 Å². The molecule has 3 N–H and O–H groups in total. The van der Waals surface area contributed by atoms with E-state index in [1.165, 1.54) is 7.11 Å². The first-order valence-electron chi connectivity index (χ1n) is 4.46. The summed E-state index contributed by atoms with van der Waals surface area (Å²) in [4.78, 5) is 18.3. The zero-order valence-electron chi connectivity index (χ0n) is 8.50. The highest BCUT2D eigenvalue weighted by atomic mass is 16.5. The van der Waals surface area contributed by atoms with Gasteiger partial charge in [0.2, 0.25) is 0 Å². The van der Waals surface area contributed by atoms with Crippen LogP contribution in [0.25, 0.3) is 11.0 Å². The summed E-state index contributed by atoms with van der Waals surface area (Å²) in [7, 11) is 1.35. The number of carbonyl (C=O) groups is 1. The van der Waals surface area contributed by atoms with Gasteiger partial charge in [0.05, 0.1) is 23.7 Å². The maximum atomic E-state index is 11.4. The number of ether oxygens (including phenoxy) is 1. The number of imidazole rings is 1. The topological polar surface area (TPSA) is 81.0 Å². The zero-order valence-corrected chi connectivity index (χ0v) is 8.50. The SMILES string of the molecule is COC(=O)c1cc2nc(N)[nH]c2cc1C. The largest absolute Gasteiger partial charge is 0.465 e. The number of carbonyl (C=O) groups excluding carboxylic acids is 1. The molecule has 0 spiro atoms. The van der Waals surface area contributed by atoms with Crippen molar-refractivity contribution in [2.45, 2.75) is 6.92 Å². The van der Waals surface area contributed by atoms with Crippen molar-refractivity contribution in [1.29, 1.82) is 0 Å². The molecule has 78 valence electrons. The third-order valence-corrected chi connectivity index (χ3v) is 2.25. The van der Waals surface area contributed by atoms with E-state index in [0.29, 0.717) is 17.0 Å². The van der Waals surface area contributed by atoms with Crippen LogP contribution >= 0.6 is 0 Å². The van der Waals surface area contributed by atoms with Crippen molar-refractivity contribution < 1.29 is 9.53 Å². The highest BCUT2D eigenvalue weighted by molar-refractivity contribution is 5.95. The van der Waals surface area contributed by atoms with Gasteiger partial charge in [-0.3, -0.25) is 0 Å². The van der Waals surface area contributed by atoms with Crippen LogP contribution in [0.3, 0.4) is 0 Å². The zero-order chi connectivity index (χ0) is 11.0. The number of nitrogen functional groups attached to an aromatic ring is 1. The number of fused-ring (bicyclic) bond motifs is 1. The second-order valence-electron chi connectivity index (χ2n) is 3.30. The van der Waals surface area contributed by atoms with Gasteiger partial charge in [-0.25, -0.2) is 9.78 Å². The molecule has 5 nitrogen and oxygen atoms in total. The molecule has 0 unspecified atom stereocenters. The molecule has 0 amide bonds. The normalized spacial score (nSPS) is 10.5. The lowest BCUT2D eigenvalue weighted by molar-refractivity contribution is 0.0600. The third-order valence-electron chi connectivity index (χ3n) is 2.25. The van der Waals surface area contributed by atoms with Crippen LogP contribution < -0.4 is 5.73 Å². The number of aromatic nitrogens is 2. The van der Waals surface area contributed by atoms with Crippen LogP contribution in [0.5, 0.6) is 0 Å². The molecule has 15 heavy (non-hydrogen) atoms. The van der Waals surface area contributed by atoms with Crippen molar-refractivity contribution in [3.8, 4) is 0 Å². The molecule has 1 aromatic carbocycles. The van der Waals surface area contributed by atoms with E-state index in [4.69, 9.17) is 5.73 Å². The molecule has 0 aliphatic heterocycles. The molecule has 2 aromatic rings. The first kappa shape index (κ1) is 9.51. The van der Waals surface area contributed by atoms with Gasteiger partial charge in [-0.1, -0.05) is 0 Å². The van der Waals surface area contributed by atoms with Crippen LogP contribution in [-0.2, 0) is 4.74 Å². The van der Waals surface area contributed by atoms with Gasteiger partial charge < -0.3 is 15.5 Å². The fourth-order valence-electron chi connectivity index (χ4n) is 1.51. The number of anilines is 1. The Morgan fingerprint density at radius 3 is 2.93 bits per heavy atom. The second kappa shape index (κ2) is 3.27. The summed E-state index contributed by atoms with van der Waals surface area (Å²) >= 11 is 0. The lowest BCUT2D eigenvalue weighted by Crippen LogP contribution is -2.03. The number of nitrogens with one attached hydrogen (secondary N) is 1. The van der Waals surface area contributed by atoms with Gasteiger partial charge >= 0.3 is 5.97 Å². The molecule has 1 heterocycles. The number of hydrogen-bond acceptors (Lipinski definition) is 4. The third kappa shape index (κ3) is 1.52. The van der Waals surface area contributed by atoms with E-state index in [2.05, 4.69) is 14.7 Å². The van der Waals surface area contributed by atoms with Crippen LogP contribution in [-0.4, -0.2) is 23.0 Å². The van der Waals surface area contributed by atoms with Crippen molar-refractivity contribution in [2.75, 3.05) is 12.8 Å². The Kier molecular flexibility index (Phi) is 2.07. The lowest BCUT2D eigenvalue weighted by atomic mass is 10.1. The van der Waals surface area contributed by atoms with Gasteiger partial charge in [0.15, 0.2) is 5.95 Å². The number of nitrogens with two attached hydrogens (primary N) is 1. The smallest absolute Gasteiger partial charge is 0.338 e. The van der Waals surface area contributed by atoms with Crippen molar-refractivity contribution >= 4 is 23.0 Å². The molecule has 0 fully saturated rings. The summed E-state index contributed by atoms with van der Waals surface area (Å²) in [6, 6.07) is 3.49. The second-order valence-corrected chi connectivity index (χ2v) is 3.30. The minimum absolute atomic E-state index is 0.339. The Labute approximate surface area is 86.3 Å². The van der Waals surface area contributed by atoms with Crippen molar-refractivity contribution in [3.63, 3.8) is 0 Å². The summed E-state index contributed by atoms with van der Waals surface area (Å²) in [5, 5.41) is 0. The Morgan fingerprint density at radius 2 is 2.27 bits per heavy atom. The fraction of sp³-hybridized carbons (Fsp3) is 0.200. The van der Waals surface area contributed by atoms with Gasteiger partial charge in [-0.2, -0.15) is 0 Å². The number of aryl methyl sites for hydroxylation is 1. The molecule has 0 atom stereocenters. The Hall–Kier alpha value is -2.04. The average Bonchev–Trinajstić information content (AvgIpc) is 2.55. The van der Waals surface area contributed by atoms with Gasteiger partial charge in [-0.05, 0) is 24.6 Å². The van der Waals surface area contributed by atoms with Crippen LogP contribution in [0, 0.1) is 6.92 Å². The quantitative estimate of drug-likeness (QED) is 0.686. The summed E-state index contributed by atoms with van der Waals surface area (Å²) < 4.78 is 4.66. The van der Waals surface area contributed by atoms with Gasteiger partial charge in [0.1, 0.15) is 0 Å². The van der Waals surface area contributed by atoms with E-state index < -0.39 is 0 Å². The highest BCUT2D eigenvalue weighted by Crippen LogP contribution is 2.19. The van der Waals surface area contributed by atoms with Gasteiger partial charge in [0, 0.05) is 0 Å². The molecular weight excluding hydrogens is 194 g/mol. The summed E-state index contributed by atoms with van der Waals surface area (Å²) in [5.74, 6) is -0.0256. The molecule has 2 rings (SSSR count). The Balaban J connectivity index is 2.66. The van der Waals surface area contributed by atoms with Gasteiger partial charge in [-0.15, -0.1) is 0 Å². The lowest BCUT2D eigenvalue weighted by Gasteiger charge is -2.02. The Bertz CT molecular complexity index is 531. The number of H-pyrrole nitrogens is 1. The predicted molar refractivity (Wildman–Crippen MR) is 56.6 cm³/mol. The highest BCUT2D eigenvalue weighted by Gasteiger charge is 2.11. The van der Waals surface area contributed by atoms with Crippen LogP contribution in [0.4, 0.5) is 5.95 Å². The first-order valence-corrected chi connectivity index (χ1v) is 4.46. The van der Waals surface area contributed by atoms with E-state index >= 15 is 0 Å². The van der Waals surface area contributed by atoms with Crippen molar-refractivity contribution in [1.82, 2.24) is 9.97 Å². The molecule has 1 aromatic heterocycles. The number of nitrogens with zero attached hydrogens (tertiary/aromatic N) is 1. The molecule has 0 bridgehead atoms. The standard InChI is InChI=1S/C10H11N3O2/c1-5-3-7-8(13-10(11)12-7)4-6(5)9(14)15-2/h3-4H,1-2H3,(H3,11,12,13). The molecule has 5 heteroatoms. The molecular formula is C10H11N3O2. The molecule has 0 saturated carbocycles. The first-order chi connectivity index (χ1) is 7.11. The van der Waals surface area contributed by atoms with E-state index in [1.54, 1.807) is 6.07 Å². The number of rotatable bonds is 1. The van der Waals surface area contributed by atoms with E-state index in [0.717, 1.165) is 11.1 Å². The maximum Gasteiger partial charge on any atom is 0.338 e. The monoisotopic (exact) mass is 205 g/mol. The minimum atomic E-state index is -0.365. The number of methoxy groups -OCH3 is 1. The minimum Gasteiger partial charge on any atom is -0.465 e. The van der Waals surface area contributed by atoms with E-state index in [-0.39, 0.29) is 5.97 Å². The number of aromatic amines is 1. The van der Waals surface area contributed by atoms with Crippen LogP contribution in [0.2, 0.25) is 0 Å². The summed E-state index contributed by atoms with van der Waals surface area (Å²) in [6.45, 7) is 1.84. The molecule has 0 radical (unpaired) electrons. The summed E-state index contributed by atoms with van der Waals surface area (Å²) in [5.41, 5.74) is 8.34. The maximum absolute atomic E-state index is 11.4. The fourth-order valence-corrected chi connectivity index (χ4v) is 1.51. The van der Waals surface area contributed by atoms with Crippen molar-refractivity contribution in [3.05, 3.63) is 23.3 Å².